The summed E-state index contributed by atoms with van der Waals surface area (Å²) in [7, 11) is 1.34. The number of hydrogen-bond donors (Lipinski definition) is 0. The van der Waals surface area contributed by atoms with Crippen molar-refractivity contribution >= 4 is 27.7 Å². The number of alkyl halides is 1. The van der Waals surface area contributed by atoms with Gasteiger partial charge >= 0.3 is 5.97 Å². The molecule has 1 atom stereocenters. The van der Waals surface area contributed by atoms with Crippen molar-refractivity contribution in [2.75, 3.05) is 7.11 Å². The van der Waals surface area contributed by atoms with Crippen LogP contribution in [0.1, 0.15) is 33.2 Å². The molecule has 1 aromatic carbocycles. The molecule has 0 fully saturated rings. The van der Waals surface area contributed by atoms with Crippen molar-refractivity contribution in [3.05, 3.63) is 34.9 Å². The Morgan fingerprint density at radius 2 is 2.00 bits per heavy atom. The van der Waals surface area contributed by atoms with Crippen LogP contribution in [0.25, 0.3) is 0 Å². The zero-order valence-electron chi connectivity index (χ0n) is 9.41. The molecule has 0 bridgehead atoms. The number of hydrogen-bond acceptors (Lipinski definition) is 3. The summed E-state index contributed by atoms with van der Waals surface area (Å²) in [6.45, 7) is 3.31. The molecule has 0 N–H and O–H groups in total. The van der Waals surface area contributed by atoms with Crippen molar-refractivity contribution in [3.63, 3.8) is 0 Å². The molecule has 4 heteroatoms. The van der Waals surface area contributed by atoms with Gasteiger partial charge in [0, 0.05) is 0 Å². The van der Waals surface area contributed by atoms with Crippen molar-refractivity contribution in [2.45, 2.75) is 18.7 Å². The fraction of sp³-hybridized carbons (Fsp3) is 0.333. The lowest BCUT2D eigenvalue weighted by molar-refractivity contribution is -0.116. The molecule has 0 saturated heterocycles. The second-order valence-corrected chi connectivity index (χ2v) is 4.40. The Morgan fingerprint density at radius 1 is 1.38 bits per heavy atom. The smallest absolute Gasteiger partial charge is 0.338 e. The second-order valence-electron chi connectivity index (χ2n) is 3.48. The standard InChI is InChI=1S/C12H13BrO3/c1-7-9(11(13)8(2)14)5-4-6-10(7)12(15)16-3/h4-6,11H,1-3H3. The van der Waals surface area contributed by atoms with Crippen LogP contribution in [0.15, 0.2) is 18.2 Å². The van der Waals surface area contributed by atoms with Crippen LogP contribution in [0.2, 0.25) is 0 Å². The van der Waals surface area contributed by atoms with Crippen LogP contribution < -0.4 is 0 Å². The summed E-state index contributed by atoms with van der Waals surface area (Å²) in [5, 5.41) is 0. The average molecular weight is 285 g/mol. The number of esters is 1. The maximum Gasteiger partial charge on any atom is 0.338 e. The van der Waals surface area contributed by atoms with E-state index in [1.54, 1.807) is 19.1 Å². The molecule has 0 aliphatic carbocycles. The van der Waals surface area contributed by atoms with Gasteiger partial charge in [0.1, 0.15) is 5.78 Å². The largest absolute Gasteiger partial charge is 0.465 e. The summed E-state index contributed by atoms with van der Waals surface area (Å²) in [6, 6.07) is 5.25. The molecule has 1 rings (SSSR count). The lowest BCUT2D eigenvalue weighted by atomic mass is 9.99. The van der Waals surface area contributed by atoms with E-state index in [1.807, 2.05) is 6.07 Å². The number of carbonyl (C=O) groups excluding carboxylic acids is 2. The zero-order valence-corrected chi connectivity index (χ0v) is 11.0. The van der Waals surface area contributed by atoms with E-state index < -0.39 is 0 Å². The predicted molar refractivity (Wildman–Crippen MR) is 64.9 cm³/mol. The van der Waals surface area contributed by atoms with Gasteiger partial charge in [-0.3, -0.25) is 4.79 Å². The van der Waals surface area contributed by atoms with Gasteiger partial charge in [0.05, 0.1) is 17.5 Å². The summed E-state index contributed by atoms with van der Waals surface area (Å²) in [5.41, 5.74) is 2.06. The van der Waals surface area contributed by atoms with Crippen molar-refractivity contribution in [1.82, 2.24) is 0 Å². The number of benzene rings is 1. The molecule has 0 aliphatic heterocycles. The molecule has 86 valence electrons. The Bertz CT molecular complexity index is 426. The highest BCUT2D eigenvalue weighted by Crippen LogP contribution is 2.28. The maximum absolute atomic E-state index is 11.5. The first-order valence-electron chi connectivity index (χ1n) is 4.81. The number of carbonyl (C=O) groups is 2. The third kappa shape index (κ3) is 2.50. The van der Waals surface area contributed by atoms with Gasteiger partial charge in [-0.25, -0.2) is 4.79 Å². The van der Waals surface area contributed by atoms with Gasteiger partial charge in [-0.15, -0.1) is 0 Å². The van der Waals surface area contributed by atoms with Crippen LogP contribution >= 0.6 is 15.9 Å². The lowest BCUT2D eigenvalue weighted by Crippen LogP contribution is -2.09. The zero-order chi connectivity index (χ0) is 12.3. The van der Waals surface area contributed by atoms with E-state index in [-0.39, 0.29) is 16.6 Å². The molecule has 0 aliphatic rings. The highest BCUT2D eigenvalue weighted by atomic mass is 79.9. The summed E-state index contributed by atoms with van der Waals surface area (Å²) in [6.07, 6.45) is 0. The lowest BCUT2D eigenvalue weighted by Gasteiger charge is -2.12. The van der Waals surface area contributed by atoms with Gasteiger partial charge in [0.2, 0.25) is 0 Å². The van der Waals surface area contributed by atoms with Crippen LogP contribution in [0.5, 0.6) is 0 Å². The first kappa shape index (κ1) is 12.9. The molecule has 0 aromatic heterocycles. The van der Waals surface area contributed by atoms with Gasteiger partial charge in [-0.1, -0.05) is 28.1 Å². The highest BCUT2D eigenvalue weighted by Gasteiger charge is 2.19. The average Bonchev–Trinajstić information content (AvgIpc) is 2.27. The Balaban J connectivity index is 3.23. The molecule has 0 heterocycles. The van der Waals surface area contributed by atoms with Crippen molar-refractivity contribution in [1.29, 1.82) is 0 Å². The quantitative estimate of drug-likeness (QED) is 0.633. The van der Waals surface area contributed by atoms with Crippen LogP contribution in [-0.2, 0) is 9.53 Å². The minimum absolute atomic E-state index is 0.00474. The minimum atomic E-state index is -0.386. The van der Waals surface area contributed by atoms with Gasteiger partial charge in [0.25, 0.3) is 0 Å². The van der Waals surface area contributed by atoms with E-state index in [4.69, 9.17) is 0 Å². The van der Waals surface area contributed by atoms with E-state index in [0.717, 1.165) is 11.1 Å². The fourth-order valence-corrected chi connectivity index (χ4v) is 1.97. The van der Waals surface area contributed by atoms with E-state index in [0.29, 0.717) is 5.56 Å². The summed E-state index contributed by atoms with van der Waals surface area (Å²) in [4.78, 5) is 22.4. The molecular weight excluding hydrogens is 272 g/mol. The maximum atomic E-state index is 11.5. The summed E-state index contributed by atoms with van der Waals surface area (Å²) in [5.74, 6) is -0.382. The van der Waals surface area contributed by atoms with Gasteiger partial charge in [-0.2, -0.15) is 0 Å². The molecule has 16 heavy (non-hydrogen) atoms. The van der Waals surface area contributed by atoms with E-state index >= 15 is 0 Å². The van der Waals surface area contributed by atoms with Crippen LogP contribution in [0.3, 0.4) is 0 Å². The third-order valence-electron chi connectivity index (χ3n) is 2.41. The highest BCUT2D eigenvalue weighted by molar-refractivity contribution is 9.09. The molecule has 3 nitrogen and oxygen atoms in total. The Morgan fingerprint density at radius 3 is 2.50 bits per heavy atom. The molecule has 1 unspecified atom stereocenters. The number of rotatable bonds is 3. The molecule has 0 spiro atoms. The SMILES string of the molecule is COC(=O)c1cccc(C(Br)C(C)=O)c1C. The molecule has 0 amide bonds. The third-order valence-corrected chi connectivity index (χ3v) is 3.55. The Hall–Kier alpha value is -1.16. The van der Waals surface area contributed by atoms with Gasteiger partial charge in [0.15, 0.2) is 0 Å². The van der Waals surface area contributed by atoms with Crippen LogP contribution in [0.4, 0.5) is 0 Å². The number of halogens is 1. The monoisotopic (exact) mass is 284 g/mol. The minimum Gasteiger partial charge on any atom is -0.465 e. The van der Waals surface area contributed by atoms with Gasteiger partial charge in [-0.05, 0) is 31.0 Å². The number of ketones is 1. The van der Waals surface area contributed by atoms with E-state index in [2.05, 4.69) is 20.7 Å². The number of ether oxygens (including phenoxy) is 1. The number of methoxy groups -OCH3 is 1. The first-order chi connectivity index (χ1) is 7.49. The van der Waals surface area contributed by atoms with E-state index in [9.17, 15) is 9.59 Å². The van der Waals surface area contributed by atoms with Crippen LogP contribution in [0, 0.1) is 6.92 Å². The predicted octanol–water partition coefficient (Wildman–Crippen LogP) is 2.81. The fourth-order valence-electron chi connectivity index (χ4n) is 1.48. The topological polar surface area (TPSA) is 43.4 Å². The van der Waals surface area contributed by atoms with Crippen LogP contribution in [-0.4, -0.2) is 18.9 Å². The number of Topliss-reactive ketones (excluding diaryl/α,β-unsaturated/α-hetero) is 1. The van der Waals surface area contributed by atoms with E-state index in [1.165, 1.54) is 14.0 Å². The van der Waals surface area contributed by atoms with Crippen molar-refractivity contribution < 1.29 is 14.3 Å². The normalized spacial score (nSPS) is 12.0. The van der Waals surface area contributed by atoms with Crippen molar-refractivity contribution in [3.8, 4) is 0 Å². The molecule has 0 radical (unpaired) electrons. The Labute approximate surface area is 103 Å². The Kier molecular flexibility index (Phi) is 4.24. The molecular formula is C12H13BrO3. The van der Waals surface area contributed by atoms with Gasteiger partial charge < -0.3 is 4.74 Å². The second kappa shape index (κ2) is 5.25. The molecule has 0 saturated carbocycles. The summed E-state index contributed by atoms with van der Waals surface area (Å²) >= 11 is 3.30. The summed E-state index contributed by atoms with van der Waals surface area (Å²) < 4.78 is 4.67. The molecule has 1 aromatic rings. The van der Waals surface area contributed by atoms with Crippen molar-refractivity contribution in [2.24, 2.45) is 0 Å². The first-order valence-corrected chi connectivity index (χ1v) is 5.73.